The first-order valence-electron chi connectivity index (χ1n) is 13.9. The van der Waals surface area contributed by atoms with Crippen LogP contribution in [0.5, 0.6) is 17.2 Å². The van der Waals surface area contributed by atoms with E-state index in [9.17, 15) is 9.90 Å². The molecule has 0 unspecified atom stereocenters. The second-order valence-corrected chi connectivity index (χ2v) is 10.2. The molecule has 4 aromatic rings. The molecule has 0 aliphatic rings. The van der Waals surface area contributed by atoms with E-state index >= 15 is 0 Å². The minimum absolute atomic E-state index is 0.0221. The molecule has 13 heteroatoms. The number of aromatic hydroxyl groups is 1. The van der Waals surface area contributed by atoms with Crippen molar-refractivity contribution in [2.45, 2.75) is 6.54 Å². The molecule has 0 atom stereocenters. The number of phenolic OH excluding ortho intramolecular Hbond substituents is 1. The van der Waals surface area contributed by atoms with Crippen LogP contribution in [-0.4, -0.2) is 90.6 Å². The first-order chi connectivity index (χ1) is 21.4. The third kappa shape index (κ3) is 10.2. The summed E-state index contributed by atoms with van der Waals surface area (Å²) in [5, 5.41) is 14.3. The number of amides is 1. The maximum Gasteiger partial charge on any atom is 0.293 e. The number of nitrogens with zero attached hydrogens (tertiary/aromatic N) is 4. The lowest BCUT2D eigenvalue weighted by molar-refractivity contribution is 0.00100. The number of hydrogen-bond donors (Lipinski definition) is 1. The minimum atomic E-state index is -0.391. The number of halogens is 2. The Morgan fingerprint density at radius 2 is 1.43 bits per heavy atom. The van der Waals surface area contributed by atoms with Gasteiger partial charge in [-0.3, -0.25) is 4.79 Å². The van der Waals surface area contributed by atoms with Gasteiger partial charge in [0.2, 0.25) is 5.82 Å². The van der Waals surface area contributed by atoms with E-state index in [2.05, 4.69) is 10.1 Å². The van der Waals surface area contributed by atoms with Gasteiger partial charge in [0.25, 0.3) is 5.91 Å². The van der Waals surface area contributed by atoms with Gasteiger partial charge in [0.15, 0.2) is 5.75 Å². The average Bonchev–Trinajstić information content (AvgIpc) is 3.53. The van der Waals surface area contributed by atoms with Crippen molar-refractivity contribution in [3.63, 3.8) is 0 Å². The summed E-state index contributed by atoms with van der Waals surface area (Å²) in [6, 6.07) is 19.9. The third-order valence-corrected chi connectivity index (χ3v) is 6.77. The fourth-order valence-electron chi connectivity index (χ4n) is 3.93. The fraction of sp³-hybridized carbons (Fsp3) is 0.323. The standard InChI is InChI=1S/C31H34Cl2N4O7/c1-40-13-14-42-17-18-43-16-15-41-12-11-36(21-23-7-9-26(10-8-23)44-25-5-3-2-4-6-25)31(39)30-34-22-37(35-30)24-19-27(32)29(38)28(33)20-24/h2-10,19-20,22,38H,11-18,21H2,1H3. The highest BCUT2D eigenvalue weighted by molar-refractivity contribution is 6.37. The van der Waals surface area contributed by atoms with Gasteiger partial charge in [0.05, 0.1) is 62.0 Å². The van der Waals surface area contributed by atoms with Crippen molar-refractivity contribution >= 4 is 29.1 Å². The molecule has 44 heavy (non-hydrogen) atoms. The maximum absolute atomic E-state index is 13.6. The van der Waals surface area contributed by atoms with Gasteiger partial charge in [-0.15, -0.1) is 5.10 Å². The molecule has 0 bridgehead atoms. The molecular weight excluding hydrogens is 611 g/mol. The summed E-state index contributed by atoms with van der Waals surface area (Å²) in [5.41, 5.74) is 1.32. The zero-order valence-electron chi connectivity index (χ0n) is 24.2. The van der Waals surface area contributed by atoms with Crippen LogP contribution in [0.15, 0.2) is 73.1 Å². The number of carbonyl (C=O) groups is 1. The zero-order chi connectivity index (χ0) is 31.1. The molecule has 3 aromatic carbocycles. The van der Waals surface area contributed by atoms with E-state index < -0.39 is 5.91 Å². The number of benzene rings is 3. The van der Waals surface area contributed by atoms with Gasteiger partial charge < -0.3 is 33.7 Å². The molecule has 0 saturated carbocycles. The van der Waals surface area contributed by atoms with Crippen molar-refractivity contribution in [3.8, 4) is 22.9 Å². The smallest absolute Gasteiger partial charge is 0.293 e. The molecule has 11 nitrogen and oxygen atoms in total. The lowest BCUT2D eigenvalue weighted by atomic mass is 10.2. The molecule has 0 saturated heterocycles. The number of para-hydroxylation sites is 1. The van der Waals surface area contributed by atoms with Crippen molar-refractivity contribution < 1.29 is 33.6 Å². The minimum Gasteiger partial charge on any atom is -0.505 e. The van der Waals surface area contributed by atoms with Gasteiger partial charge in [-0.25, -0.2) is 9.67 Å². The van der Waals surface area contributed by atoms with E-state index in [1.165, 1.54) is 23.1 Å². The topological polar surface area (TPSA) is 117 Å². The molecule has 4 rings (SSSR count). The average molecular weight is 646 g/mol. The van der Waals surface area contributed by atoms with Gasteiger partial charge >= 0.3 is 0 Å². The molecule has 1 N–H and O–H groups in total. The molecule has 1 amide bonds. The number of methoxy groups -OCH3 is 1. The molecule has 234 valence electrons. The summed E-state index contributed by atoms with van der Waals surface area (Å²) in [4.78, 5) is 19.4. The number of rotatable bonds is 18. The number of hydrogen-bond acceptors (Lipinski definition) is 9. The highest BCUT2D eigenvalue weighted by Gasteiger charge is 2.21. The Morgan fingerprint density at radius 3 is 2.07 bits per heavy atom. The molecule has 0 fully saturated rings. The Labute approximate surface area is 265 Å². The third-order valence-electron chi connectivity index (χ3n) is 6.19. The predicted molar refractivity (Wildman–Crippen MR) is 165 cm³/mol. The number of ether oxygens (including phenoxy) is 5. The van der Waals surface area contributed by atoms with Crippen molar-refractivity contribution in [2.75, 3.05) is 59.9 Å². The van der Waals surface area contributed by atoms with Crippen LogP contribution in [0.3, 0.4) is 0 Å². The summed E-state index contributed by atoms with van der Waals surface area (Å²) >= 11 is 12.1. The van der Waals surface area contributed by atoms with E-state index in [4.69, 9.17) is 46.9 Å². The monoisotopic (exact) mass is 644 g/mol. The molecule has 1 aromatic heterocycles. The summed E-state index contributed by atoms with van der Waals surface area (Å²) in [7, 11) is 1.62. The summed E-state index contributed by atoms with van der Waals surface area (Å²) in [6.07, 6.45) is 1.38. The Bertz CT molecular complexity index is 1430. The molecule has 0 radical (unpaired) electrons. The first kappa shape index (κ1) is 33.2. The molecule has 0 spiro atoms. The highest BCUT2D eigenvalue weighted by Crippen LogP contribution is 2.33. The number of carbonyl (C=O) groups excluding carboxylic acids is 1. The summed E-state index contributed by atoms with van der Waals surface area (Å²) < 4.78 is 28.8. The maximum atomic E-state index is 13.6. The van der Waals surface area contributed by atoms with Crippen LogP contribution in [0.25, 0.3) is 5.69 Å². The quantitative estimate of drug-likeness (QED) is 0.142. The fourth-order valence-corrected chi connectivity index (χ4v) is 4.41. The SMILES string of the molecule is COCCOCCOCCOCCN(Cc1ccc(Oc2ccccc2)cc1)C(=O)c1ncn(-c2cc(Cl)c(O)c(Cl)c2)n1. The zero-order valence-corrected chi connectivity index (χ0v) is 25.7. The molecule has 1 heterocycles. The molecular formula is C31H34Cl2N4O7. The Kier molecular flexibility index (Phi) is 13.2. The van der Waals surface area contributed by atoms with Crippen LogP contribution in [0.2, 0.25) is 10.0 Å². The van der Waals surface area contributed by atoms with Crippen LogP contribution in [0.4, 0.5) is 0 Å². The van der Waals surface area contributed by atoms with Crippen molar-refractivity contribution in [1.82, 2.24) is 19.7 Å². The van der Waals surface area contributed by atoms with Crippen LogP contribution in [0.1, 0.15) is 16.2 Å². The number of aromatic nitrogens is 3. The van der Waals surface area contributed by atoms with Gasteiger partial charge in [0, 0.05) is 20.2 Å². The highest BCUT2D eigenvalue weighted by atomic mass is 35.5. The number of phenols is 1. The van der Waals surface area contributed by atoms with Gasteiger partial charge in [0.1, 0.15) is 17.8 Å². The lowest BCUT2D eigenvalue weighted by Gasteiger charge is -2.22. The second-order valence-electron chi connectivity index (χ2n) is 9.39. The van der Waals surface area contributed by atoms with Gasteiger partial charge in [-0.2, -0.15) is 0 Å². The molecule has 0 aliphatic carbocycles. The van der Waals surface area contributed by atoms with Gasteiger partial charge in [-0.1, -0.05) is 53.5 Å². The van der Waals surface area contributed by atoms with Crippen molar-refractivity contribution in [3.05, 3.63) is 94.5 Å². The summed E-state index contributed by atoms with van der Waals surface area (Å²) in [6.45, 7) is 3.59. The predicted octanol–water partition coefficient (Wildman–Crippen LogP) is 5.41. The van der Waals surface area contributed by atoms with Crippen LogP contribution in [0, 0.1) is 0 Å². The van der Waals surface area contributed by atoms with E-state index in [1.807, 2.05) is 54.6 Å². The Morgan fingerprint density at radius 1 is 0.841 bits per heavy atom. The van der Waals surface area contributed by atoms with Crippen LogP contribution >= 0.6 is 23.2 Å². The van der Waals surface area contributed by atoms with Gasteiger partial charge in [-0.05, 0) is 42.0 Å². The largest absolute Gasteiger partial charge is 0.505 e. The lowest BCUT2D eigenvalue weighted by Crippen LogP contribution is -2.34. The van der Waals surface area contributed by atoms with E-state index in [-0.39, 0.29) is 41.3 Å². The normalized spacial score (nSPS) is 11.1. The van der Waals surface area contributed by atoms with E-state index in [0.29, 0.717) is 51.1 Å². The first-order valence-corrected chi connectivity index (χ1v) is 14.6. The van der Waals surface area contributed by atoms with Crippen molar-refractivity contribution in [2.24, 2.45) is 0 Å². The van der Waals surface area contributed by atoms with Crippen LogP contribution < -0.4 is 4.74 Å². The Hall–Kier alpha value is -3.71. The Balaban J connectivity index is 1.37. The van der Waals surface area contributed by atoms with E-state index in [0.717, 1.165) is 11.3 Å². The van der Waals surface area contributed by atoms with Crippen molar-refractivity contribution in [1.29, 1.82) is 0 Å². The van der Waals surface area contributed by atoms with E-state index in [1.54, 1.807) is 12.0 Å². The molecule has 0 aliphatic heterocycles. The second kappa shape index (κ2) is 17.6. The summed E-state index contributed by atoms with van der Waals surface area (Å²) in [5.74, 6) is 0.760. The van der Waals surface area contributed by atoms with Crippen LogP contribution in [-0.2, 0) is 25.5 Å².